The molecule has 2 aromatic heterocycles. The summed E-state index contributed by atoms with van der Waals surface area (Å²) in [6.07, 6.45) is 1.37. The molecule has 4 aromatic rings. The maximum Gasteiger partial charge on any atom is 0.258 e. The normalized spacial score (nSPS) is 10.8. The molecule has 0 spiro atoms. The first-order chi connectivity index (χ1) is 15.3. The lowest BCUT2D eigenvalue weighted by Gasteiger charge is -2.09. The van der Waals surface area contributed by atoms with Crippen LogP contribution in [0.25, 0.3) is 11.3 Å². The number of pyridine rings is 1. The number of aromatic nitrogens is 3. The summed E-state index contributed by atoms with van der Waals surface area (Å²) in [5, 5.41) is 10.8. The topological polar surface area (TPSA) is 71.8 Å². The zero-order valence-corrected chi connectivity index (χ0v) is 18.0. The number of carbonyl (C=O) groups excluding carboxylic acids is 1. The molecular weight excluding hydrogens is 459 g/mol. The average molecular weight is 474 g/mol. The van der Waals surface area contributed by atoms with E-state index >= 15 is 0 Å². The Kier molecular flexibility index (Phi) is 6.07. The molecule has 32 heavy (non-hydrogen) atoms. The molecule has 0 aliphatic carbocycles. The monoisotopic (exact) mass is 473 g/mol. The zero-order chi connectivity index (χ0) is 22.8. The summed E-state index contributed by atoms with van der Waals surface area (Å²) in [5.74, 6) is -1.21. The Bertz CT molecular complexity index is 1290. The molecule has 0 saturated carbocycles. The maximum atomic E-state index is 13.5. The second kappa shape index (κ2) is 8.94. The number of anilines is 3. The van der Waals surface area contributed by atoms with Crippen LogP contribution in [0.3, 0.4) is 0 Å². The Hall–Kier alpha value is -3.49. The highest BCUT2D eigenvalue weighted by atomic mass is 35.5. The summed E-state index contributed by atoms with van der Waals surface area (Å²) >= 11 is 12.2. The molecule has 2 heterocycles. The van der Waals surface area contributed by atoms with Gasteiger partial charge in [-0.05, 0) is 42.5 Å². The highest BCUT2D eigenvalue weighted by Crippen LogP contribution is 2.26. The van der Waals surface area contributed by atoms with Crippen LogP contribution in [0, 0.1) is 11.6 Å². The first-order valence-corrected chi connectivity index (χ1v) is 10.0. The van der Waals surface area contributed by atoms with Crippen LogP contribution >= 0.6 is 23.2 Å². The van der Waals surface area contributed by atoms with Gasteiger partial charge in [-0.3, -0.25) is 9.48 Å². The van der Waals surface area contributed by atoms with E-state index in [2.05, 4.69) is 20.7 Å². The highest BCUT2D eigenvalue weighted by Gasteiger charge is 2.15. The highest BCUT2D eigenvalue weighted by molar-refractivity contribution is 6.33. The molecule has 4 rings (SSSR count). The predicted molar refractivity (Wildman–Crippen MR) is 120 cm³/mol. The van der Waals surface area contributed by atoms with Crippen LogP contribution in [0.15, 0.2) is 60.8 Å². The van der Waals surface area contributed by atoms with Crippen molar-refractivity contribution in [3.63, 3.8) is 0 Å². The summed E-state index contributed by atoms with van der Waals surface area (Å²) in [6.45, 7) is 0. The molecule has 2 aromatic carbocycles. The Balaban J connectivity index is 1.51. The van der Waals surface area contributed by atoms with Crippen LogP contribution in [0.4, 0.5) is 26.1 Å². The van der Waals surface area contributed by atoms with Crippen molar-refractivity contribution in [2.45, 2.75) is 0 Å². The summed E-state index contributed by atoms with van der Waals surface area (Å²) in [5.41, 5.74) is 1.51. The fourth-order valence-corrected chi connectivity index (χ4v) is 3.28. The first-order valence-electron chi connectivity index (χ1n) is 9.28. The number of carbonyl (C=O) groups is 1. The van der Waals surface area contributed by atoms with E-state index < -0.39 is 17.5 Å². The lowest BCUT2D eigenvalue weighted by atomic mass is 10.1. The number of amides is 1. The molecule has 1 amide bonds. The van der Waals surface area contributed by atoms with E-state index in [-0.39, 0.29) is 16.1 Å². The van der Waals surface area contributed by atoms with Gasteiger partial charge < -0.3 is 10.6 Å². The van der Waals surface area contributed by atoms with Crippen molar-refractivity contribution >= 4 is 46.4 Å². The van der Waals surface area contributed by atoms with Crippen molar-refractivity contribution in [3.05, 3.63) is 88.0 Å². The van der Waals surface area contributed by atoms with Crippen molar-refractivity contribution < 1.29 is 13.6 Å². The van der Waals surface area contributed by atoms with Gasteiger partial charge in [0, 0.05) is 41.7 Å². The summed E-state index contributed by atoms with van der Waals surface area (Å²) in [4.78, 5) is 16.9. The second-order valence-electron chi connectivity index (χ2n) is 6.84. The molecule has 0 aliphatic rings. The van der Waals surface area contributed by atoms with Crippen LogP contribution in [0.1, 0.15) is 10.4 Å². The average Bonchev–Trinajstić information content (AvgIpc) is 3.10. The summed E-state index contributed by atoms with van der Waals surface area (Å²) < 4.78 is 28.4. The molecule has 162 valence electrons. The SMILES string of the molecule is Cn1nc(-c2cc(F)cc(F)c2)cc1NC(=O)c1cnc(Nc2ccc(Cl)cc2)c(Cl)c1. The molecule has 6 nitrogen and oxygen atoms in total. The van der Waals surface area contributed by atoms with Gasteiger partial charge in [-0.2, -0.15) is 5.10 Å². The molecular formula is C22H15Cl2F2N5O. The molecule has 0 atom stereocenters. The molecule has 0 saturated heterocycles. The van der Waals surface area contributed by atoms with Gasteiger partial charge in [-0.25, -0.2) is 13.8 Å². The fourth-order valence-electron chi connectivity index (χ4n) is 2.94. The van der Waals surface area contributed by atoms with Crippen LogP contribution in [0.2, 0.25) is 10.0 Å². The van der Waals surface area contributed by atoms with Crippen LogP contribution < -0.4 is 10.6 Å². The Morgan fingerprint density at radius 1 is 1.00 bits per heavy atom. The van der Waals surface area contributed by atoms with Gasteiger partial charge in [-0.1, -0.05) is 23.2 Å². The largest absolute Gasteiger partial charge is 0.339 e. The third-order valence-corrected chi connectivity index (χ3v) is 5.03. The lowest BCUT2D eigenvalue weighted by molar-refractivity contribution is 0.102. The van der Waals surface area contributed by atoms with Gasteiger partial charge >= 0.3 is 0 Å². The van der Waals surface area contributed by atoms with Crippen molar-refractivity contribution in [3.8, 4) is 11.3 Å². The number of benzene rings is 2. The van der Waals surface area contributed by atoms with E-state index in [1.807, 2.05) is 0 Å². The zero-order valence-electron chi connectivity index (χ0n) is 16.5. The fraction of sp³-hybridized carbons (Fsp3) is 0.0455. The first kappa shape index (κ1) is 21.7. The molecule has 0 aliphatic heterocycles. The minimum atomic E-state index is -0.718. The van der Waals surface area contributed by atoms with E-state index in [9.17, 15) is 13.6 Å². The Labute approximate surface area is 191 Å². The number of aryl methyl sites for hydroxylation is 1. The molecule has 0 unspecified atom stereocenters. The van der Waals surface area contributed by atoms with E-state index in [1.54, 1.807) is 31.3 Å². The Morgan fingerprint density at radius 2 is 1.69 bits per heavy atom. The van der Waals surface area contributed by atoms with Crippen LogP contribution in [0.5, 0.6) is 0 Å². The van der Waals surface area contributed by atoms with Crippen molar-refractivity contribution in [1.29, 1.82) is 0 Å². The van der Waals surface area contributed by atoms with Crippen LogP contribution in [-0.4, -0.2) is 20.7 Å². The predicted octanol–water partition coefficient (Wildman–Crippen LogP) is 6.06. The number of nitrogens with zero attached hydrogens (tertiary/aromatic N) is 3. The van der Waals surface area contributed by atoms with Gasteiger partial charge in [0.15, 0.2) is 0 Å². The van der Waals surface area contributed by atoms with E-state index in [0.29, 0.717) is 22.4 Å². The maximum absolute atomic E-state index is 13.5. The molecule has 0 bridgehead atoms. The molecule has 0 radical (unpaired) electrons. The minimum Gasteiger partial charge on any atom is -0.339 e. The number of hydrogen-bond acceptors (Lipinski definition) is 4. The number of hydrogen-bond donors (Lipinski definition) is 2. The quantitative estimate of drug-likeness (QED) is 0.369. The standard InChI is InChI=1S/C22H15Cl2F2N5O/c1-31-20(10-19(30-31)12-6-15(25)9-16(26)7-12)29-22(32)13-8-18(24)21(27-11-13)28-17-4-2-14(23)3-5-17/h2-11H,1H3,(H,27,28)(H,29,32). The van der Waals surface area contributed by atoms with Crippen molar-refractivity contribution in [2.24, 2.45) is 7.05 Å². The second-order valence-corrected chi connectivity index (χ2v) is 7.68. The Morgan fingerprint density at radius 3 is 2.34 bits per heavy atom. The third-order valence-electron chi connectivity index (χ3n) is 4.49. The lowest BCUT2D eigenvalue weighted by Crippen LogP contribution is -2.15. The smallest absolute Gasteiger partial charge is 0.258 e. The van der Waals surface area contributed by atoms with Gasteiger partial charge in [0.25, 0.3) is 5.91 Å². The number of halogens is 4. The summed E-state index contributed by atoms with van der Waals surface area (Å²) in [7, 11) is 1.60. The van der Waals surface area contributed by atoms with Gasteiger partial charge in [0.2, 0.25) is 0 Å². The summed E-state index contributed by atoms with van der Waals surface area (Å²) in [6, 6.07) is 13.1. The number of rotatable bonds is 5. The van der Waals surface area contributed by atoms with Crippen molar-refractivity contribution in [2.75, 3.05) is 10.6 Å². The van der Waals surface area contributed by atoms with E-state index in [1.165, 1.54) is 23.0 Å². The van der Waals surface area contributed by atoms with Crippen molar-refractivity contribution in [1.82, 2.24) is 14.8 Å². The van der Waals surface area contributed by atoms with Gasteiger partial charge in [-0.15, -0.1) is 0 Å². The molecule has 10 heteroatoms. The minimum absolute atomic E-state index is 0.219. The van der Waals surface area contributed by atoms with Gasteiger partial charge in [0.1, 0.15) is 23.3 Å². The number of nitrogens with one attached hydrogen (secondary N) is 2. The molecule has 2 N–H and O–H groups in total. The third kappa shape index (κ3) is 4.87. The van der Waals surface area contributed by atoms with Gasteiger partial charge in [0.05, 0.1) is 16.3 Å². The van der Waals surface area contributed by atoms with E-state index in [0.717, 1.165) is 23.9 Å². The van der Waals surface area contributed by atoms with E-state index in [4.69, 9.17) is 23.2 Å². The van der Waals surface area contributed by atoms with Crippen LogP contribution in [-0.2, 0) is 7.05 Å². The molecule has 0 fully saturated rings.